The highest BCUT2D eigenvalue weighted by molar-refractivity contribution is 7.89. The minimum absolute atomic E-state index is 0.118. The second kappa shape index (κ2) is 8.74. The molecule has 2 N–H and O–H groups in total. The van der Waals surface area contributed by atoms with Gasteiger partial charge in [0.1, 0.15) is 11.9 Å². The van der Waals surface area contributed by atoms with Crippen molar-refractivity contribution in [2.75, 3.05) is 20.1 Å². The Morgan fingerprint density at radius 2 is 1.83 bits per heavy atom. The van der Waals surface area contributed by atoms with Crippen molar-refractivity contribution in [1.29, 1.82) is 0 Å². The van der Waals surface area contributed by atoms with Crippen LogP contribution in [-0.4, -0.2) is 50.7 Å². The predicted molar refractivity (Wildman–Crippen MR) is 87.1 cm³/mol. The average Bonchev–Trinajstić information content (AvgIpc) is 2.52. The van der Waals surface area contributed by atoms with Crippen molar-refractivity contribution >= 4 is 21.8 Å². The molecule has 1 aromatic carbocycles. The number of carbonyl (C=O) groups is 2. The zero-order valence-electron chi connectivity index (χ0n) is 13.9. The van der Waals surface area contributed by atoms with E-state index in [1.807, 2.05) is 6.92 Å². The number of rotatable bonds is 8. The van der Waals surface area contributed by atoms with Gasteiger partial charge in [0, 0.05) is 13.6 Å². The highest BCUT2D eigenvalue weighted by Crippen LogP contribution is 2.14. The normalized spacial score (nSPS) is 12.7. The lowest BCUT2D eigenvalue weighted by atomic mass is 10.3. The molecule has 0 spiro atoms. The minimum atomic E-state index is -3.92. The summed E-state index contributed by atoms with van der Waals surface area (Å²) in [4.78, 5) is 23.5. The van der Waals surface area contributed by atoms with Crippen molar-refractivity contribution in [3.8, 4) is 0 Å². The summed E-state index contributed by atoms with van der Waals surface area (Å²) in [6, 6.07) is 3.53. The fourth-order valence-electron chi connectivity index (χ4n) is 1.83. The molecule has 9 heteroatoms. The van der Waals surface area contributed by atoms with Crippen molar-refractivity contribution in [1.82, 2.24) is 14.9 Å². The number of halogens is 1. The Morgan fingerprint density at radius 1 is 1.25 bits per heavy atom. The van der Waals surface area contributed by atoms with E-state index in [2.05, 4.69) is 10.6 Å². The van der Waals surface area contributed by atoms with Gasteiger partial charge in [-0.05, 0) is 37.6 Å². The standard InChI is InChI=1S/C15H22FN3O4S/c1-4-9-17-15(21)11(2)18-14(20)10-19(3)24(22,23)13-7-5-12(16)6-8-13/h5-8,11H,4,9-10H2,1-3H3,(H,17,21)(H,18,20)/t11-/m0/s1. The maximum absolute atomic E-state index is 12.9. The van der Waals surface area contributed by atoms with Crippen LogP contribution in [0.1, 0.15) is 20.3 Å². The number of benzene rings is 1. The third kappa shape index (κ3) is 5.57. The second-order valence-corrected chi connectivity index (χ2v) is 7.34. The highest BCUT2D eigenvalue weighted by Gasteiger charge is 2.24. The smallest absolute Gasteiger partial charge is 0.243 e. The van der Waals surface area contributed by atoms with E-state index >= 15 is 0 Å². The molecule has 0 fully saturated rings. The van der Waals surface area contributed by atoms with Gasteiger partial charge in [0.25, 0.3) is 0 Å². The molecule has 0 aromatic heterocycles. The minimum Gasteiger partial charge on any atom is -0.354 e. The van der Waals surface area contributed by atoms with E-state index < -0.39 is 34.3 Å². The molecule has 1 atom stereocenters. The first-order valence-electron chi connectivity index (χ1n) is 7.47. The van der Waals surface area contributed by atoms with E-state index in [1.54, 1.807) is 0 Å². The van der Waals surface area contributed by atoms with Crippen molar-refractivity contribution < 1.29 is 22.4 Å². The molecular formula is C15H22FN3O4S. The predicted octanol–water partition coefficient (Wildman–Crippen LogP) is 0.477. The Morgan fingerprint density at radius 3 is 2.38 bits per heavy atom. The molecule has 1 rings (SSSR count). The topological polar surface area (TPSA) is 95.6 Å². The first-order valence-corrected chi connectivity index (χ1v) is 8.91. The van der Waals surface area contributed by atoms with Crippen molar-refractivity contribution in [3.05, 3.63) is 30.1 Å². The number of likely N-dealkylation sites (N-methyl/N-ethyl adjacent to an activating group) is 1. The van der Waals surface area contributed by atoms with Crippen LogP contribution in [0, 0.1) is 5.82 Å². The fourth-order valence-corrected chi connectivity index (χ4v) is 2.95. The van der Waals surface area contributed by atoms with E-state index in [0.717, 1.165) is 35.0 Å². The Hall–Kier alpha value is -2.00. The van der Waals surface area contributed by atoms with E-state index in [1.165, 1.54) is 14.0 Å². The summed E-state index contributed by atoms with van der Waals surface area (Å²) in [7, 11) is -2.68. The molecule has 7 nitrogen and oxygen atoms in total. The van der Waals surface area contributed by atoms with Gasteiger partial charge in [-0.3, -0.25) is 9.59 Å². The summed E-state index contributed by atoms with van der Waals surface area (Å²) in [5, 5.41) is 5.07. The maximum atomic E-state index is 12.9. The molecule has 0 aliphatic carbocycles. The number of nitrogens with zero attached hydrogens (tertiary/aromatic N) is 1. The number of sulfonamides is 1. The third-order valence-electron chi connectivity index (χ3n) is 3.21. The molecule has 0 saturated carbocycles. The fraction of sp³-hybridized carbons (Fsp3) is 0.467. The number of amides is 2. The molecule has 0 aliphatic heterocycles. The largest absolute Gasteiger partial charge is 0.354 e. The molecule has 0 radical (unpaired) electrons. The zero-order valence-corrected chi connectivity index (χ0v) is 14.7. The van der Waals surface area contributed by atoms with Crippen LogP contribution in [0.25, 0.3) is 0 Å². The van der Waals surface area contributed by atoms with Gasteiger partial charge in [-0.2, -0.15) is 4.31 Å². The molecular weight excluding hydrogens is 337 g/mol. The molecule has 134 valence electrons. The van der Waals surface area contributed by atoms with Crippen LogP contribution < -0.4 is 10.6 Å². The van der Waals surface area contributed by atoms with Crippen LogP contribution in [0.2, 0.25) is 0 Å². The quantitative estimate of drug-likeness (QED) is 0.706. The lowest BCUT2D eigenvalue weighted by molar-refractivity contribution is -0.128. The van der Waals surface area contributed by atoms with E-state index in [4.69, 9.17) is 0 Å². The lowest BCUT2D eigenvalue weighted by Gasteiger charge is -2.19. The van der Waals surface area contributed by atoms with E-state index in [9.17, 15) is 22.4 Å². The molecule has 2 amide bonds. The summed E-state index contributed by atoms with van der Waals surface area (Å²) in [6.07, 6.45) is 0.769. The molecule has 24 heavy (non-hydrogen) atoms. The van der Waals surface area contributed by atoms with Gasteiger partial charge in [-0.1, -0.05) is 6.92 Å². The Labute approximate surface area is 141 Å². The Kier molecular flexibility index (Phi) is 7.30. The summed E-state index contributed by atoms with van der Waals surface area (Å²) in [5.41, 5.74) is 0. The van der Waals surface area contributed by atoms with Gasteiger partial charge in [0.15, 0.2) is 0 Å². The molecule has 0 unspecified atom stereocenters. The first-order chi connectivity index (χ1) is 11.2. The van der Waals surface area contributed by atoms with Crippen molar-refractivity contribution in [2.24, 2.45) is 0 Å². The van der Waals surface area contributed by atoms with Crippen LogP contribution in [0.4, 0.5) is 4.39 Å². The second-order valence-electron chi connectivity index (χ2n) is 5.30. The van der Waals surface area contributed by atoms with E-state index in [-0.39, 0.29) is 10.8 Å². The monoisotopic (exact) mass is 359 g/mol. The van der Waals surface area contributed by atoms with Gasteiger partial charge >= 0.3 is 0 Å². The van der Waals surface area contributed by atoms with Crippen LogP contribution in [0.5, 0.6) is 0 Å². The zero-order chi connectivity index (χ0) is 18.3. The number of hydrogen-bond donors (Lipinski definition) is 2. The van der Waals surface area contributed by atoms with Crippen LogP contribution in [0.15, 0.2) is 29.2 Å². The van der Waals surface area contributed by atoms with Crippen LogP contribution in [-0.2, 0) is 19.6 Å². The van der Waals surface area contributed by atoms with Crippen molar-refractivity contribution in [3.63, 3.8) is 0 Å². The van der Waals surface area contributed by atoms with Gasteiger partial charge < -0.3 is 10.6 Å². The van der Waals surface area contributed by atoms with Gasteiger partial charge in [0.2, 0.25) is 21.8 Å². The van der Waals surface area contributed by atoms with Gasteiger partial charge in [-0.15, -0.1) is 0 Å². The van der Waals surface area contributed by atoms with Crippen molar-refractivity contribution in [2.45, 2.75) is 31.2 Å². The van der Waals surface area contributed by atoms with Crippen LogP contribution >= 0.6 is 0 Å². The average molecular weight is 359 g/mol. The molecule has 0 aliphatic rings. The number of hydrogen-bond acceptors (Lipinski definition) is 4. The summed E-state index contributed by atoms with van der Waals surface area (Å²) in [6.45, 7) is 3.46. The van der Waals surface area contributed by atoms with Gasteiger partial charge in [0.05, 0.1) is 11.4 Å². The van der Waals surface area contributed by atoms with E-state index in [0.29, 0.717) is 6.54 Å². The van der Waals surface area contributed by atoms with Gasteiger partial charge in [-0.25, -0.2) is 12.8 Å². The summed E-state index contributed by atoms with van der Waals surface area (Å²) in [5.74, 6) is -1.50. The third-order valence-corrected chi connectivity index (χ3v) is 5.03. The number of carbonyl (C=O) groups excluding carboxylic acids is 2. The number of nitrogens with one attached hydrogen (secondary N) is 2. The highest BCUT2D eigenvalue weighted by atomic mass is 32.2. The molecule has 1 aromatic rings. The van der Waals surface area contributed by atoms with Crippen LogP contribution in [0.3, 0.4) is 0 Å². The molecule has 0 saturated heterocycles. The maximum Gasteiger partial charge on any atom is 0.243 e. The lowest BCUT2D eigenvalue weighted by Crippen LogP contribution is -2.48. The summed E-state index contributed by atoms with van der Waals surface area (Å²) < 4.78 is 38.3. The Balaban J connectivity index is 2.66. The molecule has 0 heterocycles. The SMILES string of the molecule is CCCNC(=O)[C@H](C)NC(=O)CN(C)S(=O)(=O)c1ccc(F)cc1. The first kappa shape index (κ1) is 20.0. The molecule has 0 bridgehead atoms. The summed E-state index contributed by atoms with van der Waals surface area (Å²) >= 11 is 0. The Bertz CT molecular complexity index is 676.